The molecule has 23 heavy (non-hydrogen) atoms. The van der Waals surface area contributed by atoms with Crippen molar-refractivity contribution >= 4 is 5.97 Å². The van der Waals surface area contributed by atoms with Gasteiger partial charge in [0.2, 0.25) is 0 Å². The van der Waals surface area contributed by atoms with E-state index in [1.165, 1.54) is 44.6 Å². The van der Waals surface area contributed by atoms with Crippen LogP contribution in [0.1, 0.15) is 15.9 Å². The van der Waals surface area contributed by atoms with E-state index < -0.39 is 23.5 Å². The zero-order valence-electron chi connectivity index (χ0n) is 12.3. The van der Waals surface area contributed by atoms with E-state index in [1.54, 1.807) is 0 Å². The molecule has 0 aliphatic heterocycles. The van der Waals surface area contributed by atoms with Crippen LogP contribution in [-0.2, 0) is 6.18 Å². The molecule has 4 nitrogen and oxygen atoms in total. The fourth-order valence-corrected chi connectivity index (χ4v) is 1.87. The summed E-state index contributed by atoms with van der Waals surface area (Å²) in [6.07, 6.45) is -4.62. The SMILES string of the molecule is COc1cc(OC)cc(C(=O)Oc2ccccc2C(F)(F)F)c1. The van der Waals surface area contributed by atoms with Gasteiger partial charge < -0.3 is 14.2 Å². The first-order valence-electron chi connectivity index (χ1n) is 6.46. The van der Waals surface area contributed by atoms with Crippen LogP contribution in [0.4, 0.5) is 13.2 Å². The maximum Gasteiger partial charge on any atom is 0.419 e. The minimum absolute atomic E-state index is 0.0122. The molecule has 0 spiro atoms. The van der Waals surface area contributed by atoms with Crippen molar-refractivity contribution < 1.29 is 32.2 Å². The Bertz CT molecular complexity index is 688. The zero-order chi connectivity index (χ0) is 17.0. The number of hydrogen-bond acceptors (Lipinski definition) is 4. The average Bonchev–Trinajstić information content (AvgIpc) is 2.53. The van der Waals surface area contributed by atoms with Crippen LogP contribution in [-0.4, -0.2) is 20.2 Å². The van der Waals surface area contributed by atoms with E-state index in [0.29, 0.717) is 11.5 Å². The van der Waals surface area contributed by atoms with Gasteiger partial charge in [-0.15, -0.1) is 0 Å². The Balaban J connectivity index is 2.33. The highest BCUT2D eigenvalue weighted by Gasteiger charge is 2.34. The third kappa shape index (κ3) is 3.94. The van der Waals surface area contributed by atoms with Crippen LogP contribution in [0, 0.1) is 0 Å². The van der Waals surface area contributed by atoms with Gasteiger partial charge in [0, 0.05) is 6.07 Å². The maximum atomic E-state index is 12.9. The number of esters is 1. The Morgan fingerprint density at radius 2 is 1.52 bits per heavy atom. The Kier molecular flexibility index (Phi) is 4.78. The van der Waals surface area contributed by atoms with Crippen LogP contribution in [0.5, 0.6) is 17.2 Å². The number of carbonyl (C=O) groups excluding carboxylic acids is 1. The summed E-state index contributed by atoms with van der Waals surface area (Å²) in [5.41, 5.74) is -1.01. The Morgan fingerprint density at radius 1 is 0.957 bits per heavy atom. The van der Waals surface area contributed by atoms with Crippen molar-refractivity contribution in [1.29, 1.82) is 0 Å². The number of benzene rings is 2. The fourth-order valence-electron chi connectivity index (χ4n) is 1.87. The highest BCUT2D eigenvalue weighted by molar-refractivity contribution is 5.92. The Morgan fingerprint density at radius 3 is 2.04 bits per heavy atom. The quantitative estimate of drug-likeness (QED) is 0.630. The normalized spacial score (nSPS) is 11.0. The number of halogens is 3. The number of hydrogen-bond donors (Lipinski definition) is 0. The molecule has 2 aromatic rings. The molecule has 0 heterocycles. The molecule has 0 saturated carbocycles. The van der Waals surface area contributed by atoms with E-state index in [4.69, 9.17) is 14.2 Å². The van der Waals surface area contributed by atoms with E-state index in [2.05, 4.69) is 0 Å². The van der Waals surface area contributed by atoms with Crippen LogP contribution in [0.3, 0.4) is 0 Å². The van der Waals surface area contributed by atoms with E-state index in [0.717, 1.165) is 12.1 Å². The zero-order valence-corrected chi connectivity index (χ0v) is 12.3. The topological polar surface area (TPSA) is 44.8 Å². The molecule has 0 radical (unpaired) electrons. The number of ether oxygens (including phenoxy) is 3. The Hall–Kier alpha value is -2.70. The smallest absolute Gasteiger partial charge is 0.419 e. The van der Waals surface area contributed by atoms with Crippen molar-refractivity contribution in [2.45, 2.75) is 6.18 Å². The first-order chi connectivity index (χ1) is 10.8. The van der Waals surface area contributed by atoms with Crippen molar-refractivity contribution in [1.82, 2.24) is 0 Å². The largest absolute Gasteiger partial charge is 0.497 e. The number of para-hydroxylation sites is 1. The second-order valence-electron chi connectivity index (χ2n) is 4.48. The summed E-state index contributed by atoms with van der Waals surface area (Å²) >= 11 is 0. The third-order valence-corrected chi connectivity index (χ3v) is 2.98. The Labute approximate surface area is 130 Å². The predicted molar refractivity (Wildman–Crippen MR) is 75.9 cm³/mol. The van der Waals surface area contributed by atoms with Crippen molar-refractivity contribution in [3.8, 4) is 17.2 Å². The van der Waals surface area contributed by atoms with E-state index in [-0.39, 0.29) is 5.56 Å². The molecule has 122 valence electrons. The molecule has 0 amide bonds. The minimum Gasteiger partial charge on any atom is -0.497 e. The predicted octanol–water partition coefficient (Wildman–Crippen LogP) is 3.94. The lowest BCUT2D eigenvalue weighted by atomic mass is 10.2. The lowest BCUT2D eigenvalue weighted by Crippen LogP contribution is -2.14. The molecule has 0 N–H and O–H groups in total. The van der Waals surface area contributed by atoms with Crippen molar-refractivity contribution in [3.05, 3.63) is 53.6 Å². The molecule has 0 saturated heterocycles. The van der Waals surface area contributed by atoms with Crippen LogP contribution in [0.2, 0.25) is 0 Å². The fraction of sp³-hybridized carbons (Fsp3) is 0.188. The number of rotatable bonds is 4. The monoisotopic (exact) mass is 326 g/mol. The van der Waals surface area contributed by atoms with Gasteiger partial charge in [-0.3, -0.25) is 0 Å². The molecule has 0 bridgehead atoms. The first-order valence-corrected chi connectivity index (χ1v) is 6.46. The van der Waals surface area contributed by atoms with Gasteiger partial charge in [-0.25, -0.2) is 4.79 Å². The summed E-state index contributed by atoms with van der Waals surface area (Å²) in [7, 11) is 2.78. The summed E-state index contributed by atoms with van der Waals surface area (Å²) in [6, 6.07) is 8.72. The number of carbonyl (C=O) groups is 1. The molecule has 7 heteroatoms. The molecular formula is C16H13F3O4. The van der Waals surface area contributed by atoms with Gasteiger partial charge in [-0.05, 0) is 24.3 Å². The highest BCUT2D eigenvalue weighted by Crippen LogP contribution is 2.36. The van der Waals surface area contributed by atoms with Crippen molar-refractivity contribution in [2.24, 2.45) is 0 Å². The third-order valence-electron chi connectivity index (χ3n) is 2.98. The van der Waals surface area contributed by atoms with E-state index in [1.807, 2.05) is 0 Å². The molecule has 0 aliphatic rings. The van der Waals surface area contributed by atoms with Crippen LogP contribution >= 0.6 is 0 Å². The summed E-state index contributed by atoms with van der Waals surface area (Å²) in [5.74, 6) is -0.869. The van der Waals surface area contributed by atoms with Crippen LogP contribution in [0.25, 0.3) is 0 Å². The summed E-state index contributed by atoms with van der Waals surface area (Å²) < 4.78 is 53.6. The molecule has 0 fully saturated rings. The summed E-state index contributed by atoms with van der Waals surface area (Å²) in [5, 5.41) is 0. The molecule has 0 unspecified atom stereocenters. The van der Waals surface area contributed by atoms with Crippen LogP contribution < -0.4 is 14.2 Å². The molecule has 0 atom stereocenters. The van der Waals surface area contributed by atoms with Gasteiger partial charge >= 0.3 is 12.1 Å². The van der Waals surface area contributed by atoms with Gasteiger partial charge in [0.25, 0.3) is 0 Å². The number of methoxy groups -OCH3 is 2. The summed E-state index contributed by atoms with van der Waals surface area (Å²) in [6.45, 7) is 0. The molecular weight excluding hydrogens is 313 g/mol. The lowest BCUT2D eigenvalue weighted by Gasteiger charge is -2.13. The van der Waals surface area contributed by atoms with Crippen LogP contribution in [0.15, 0.2) is 42.5 Å². The van der Waals surface area contributed by atoms with E-state index >= 15 is 0 Å². The minimum atomic E-state index is -4.62. The molecule has 0 aromatic heterocycles. The van der Waals surface area contributed by atoms with Gasteiger partial charge in [-0.2, -0.15) is 13.2 Å². The van der Waals surface area contributed by atoms with Gasteiger partial charge in [0.15, 0.2) is 0 Å². The first kappa shape index (κ1) is 16.7. The average molecular weight is 326 g/mol. The second kappa shape index (κ2) is 6.60. The molecule has 2 rings (SSSR count). The highest BCUT2D eigenvalue weighted by atomic mass is 19.4. The molecule has 0 aliphatic carbocycles. The summed E-state index contributed by atoms with van der Waals surface area (Å²) in [4.78, 5) is 12.1. The maximum absolute atomic E-state index is 12.9. The number of alkyl halides is 3. The van der Waals surface area contributed by atoms with Crippen molar-refractivity contribution in [2.75, 3.05) is 14.2 Å². The van der Waals surface area contributed by atoms with Gasteiger partial charge in [0.1, 0.15) is 17.2 Å². The van der Waals surface area contributed by atoms with Gasteiger partial charge in [-0.1, -0.05) is 12.1 Å². The lowest BCUT2D eigenvalue weighted by molar-refractivity contribution is -0.138. The second-order valence-corrected chi connectivity index (χ2v) is 4.48. The van der Waals surface area contributed by atoms with E-state index in [9.17, 15) is 18.0 Å². The standard InChI is InChI=1S/C16H13F3O4/c1-21-11-7-10(8-12(9-11)22-2)15(20)23-14-6-4-3-5-13(14)16(17,18)19/h3-9H,1-2H3. The van der Waals surface area contributed by atoms with Gasteiger partial charge in [0.05, 0.1) is 25.3 Å². The molecule has 2 aromatic carbocycles. The van der Waals surface area contributed by atoms with Crippen molar-refractivity contribution in [3.63, 3.8) is 0 Å².